The molecule has 4 nitrogen and oxygen atoms in total. The average Bonchev–Trinajstić information content (AvgIpc) is 3.41. The molecule has 1 heterocycles. The predicted octanol–water partition coefficient (Wildman–Crippen LogP) is 6.23. The van der Waals surface area contributed by atoms with E-state index in [0.717, 1.165) is 57.5 Å². The fourth-order valence-corrected chi connectivity index (χ4v) is 5.92. The summed E-state index contributed by atoms with van der Waals surface area (Å²) < 4.78 is 0. The Hall–Kier alpha value is -4.18. The van der Waals surface area contributed by atoms with Crippen LogP contribution in [0.3, 0.4) is 0 Å². The Morgan fingerprint density at radius 1 is 0.806 bits per heavy atom. The second kappa shape index (κ2) is 8.80. The van der Waals surface area contributed by atoms with Gasteiger partial charge in [0.25, 0.3) is 5.91 Å². The molecule has 0 fully saturated rings. The van der Waals surface area contributed by atoms with Crippen LogP contribution in [-0.4, -0.2) is 11.8 Å². The fraction of sp³-hybridized carbons (Fsp3) is 0.188. The van der Waals surface area contributed by atoms with E-state index in [1.165, 1.54) is 0 Å². The van der Waals surface area contributed by atoms with Crippen molar-refractivity contribution in [3.05, 3.63) is 125 Å². The largest absolute Gasteiger partial charge is 0.351 e. The second-order valence-corrected chi connectivity index (χ2v) is 9.64. The lowest BCUT2D eigenvalue weighted by Crippen LogP contribution is -2.43. The number of benzene rings is 4. The summed E-state index contributed by atoms with van der Waals surface area (Å²) in [7, 11) is 0. The first-order valence-electron chi connectivity index (χ1n) is 12.6. The van der Waals surface area contributed by atoms with Gasteiger partial charge in [-0.1, -0.05) is 92.2 Å². The van der Waals surface area contributed by atoms with Gasteiger partial charge in [-0.25, -0.2) is 0 Å². The summed E-state index contributed by atoms with van der Waals surface area (Å²) in [6, 6.07) is 32.3. The van der Waals surface area contributed by atoms with Crippen molar-refractivity contribution in [1.82, 2.24) is 5.32 Å². The van der Waals surface area contributed by atoms with Crippen LogP contribution < -0.4 is 10.2 Å². The Bertz CT molecular complexity index is 1430. The van der Waals surface area contributed by atoms with E-state index in [1.807, 2.05) is 72.8 Å². The van der Waals surface area contributed by atoms with Gasteiger partial charge in [-0.3, -0.25) is 9.59 Å². The molecular formula is C32H28N2O2. The van der Waals surface area contributed by atoms with E-state index in [9.17, 15) is 9.59 Å². The SMILES string of the molecule is CCCC1(C(=O)NCc2ccc(N3Cc4ccccc4C3=O)cc2)c2ccccc2-c2ccccc21. The number of hydrogen-bond donors (Lipinski definition) is 1. The summed E-state index contributed by atoms with van der Waals surface area (Å²) in [4.78, 5) is 28.5. The van der Waals surface area contributed by atoms with Gasteiger partial charge in [0.2, 0.25) is 5.91 Å². The summed E-state index contributed by atoms with van der Waals surface area (Å²) >= 11 is 0. The first kappa shape index (κ1) is 22.3. The number of rotatable bonds is 6. The second-order valence-electron chi connectivity index (χ2n) is 9.64. The van der Waals surface area contributed by atoms with Crippen molar-refractivity contribution in [2.75, 3.05) is 4.90 Å². The molecule has 0 radical (unpaired) electrons. The van der Waals surface area contributed by atoms with Crippen molar-refractivity contribution < 1.29 is 9.59 Å². The van der Waals surface area contributed by atoms with Gasteiger partial charge in [0.05, 0.1) is 6.54 Å². The lowest BCUT2D eigenvalue weighted by molar-refractivity contribution is -0.125. The Morgan fingerprint density at radius 2 is 1.39 bits per heavy atom. The first-order valence-corrected chi connectivity index (χ1v) is 12.6. The van der Waals surface area contributed by atoms with E-state index >= 15 is 0 Å². The summed E-state index contributed by atoms with van der Waals surface area (Å²) in [5, 5.41) is 3.24. The Labute approximate surface area is 211 Å². The molecule has 0 saturated heterocycles. The maximum Gasteiger partial charge on any atom is 0.258 e. The van der Waals surface area contributed by atoms with Crippen molar-refractivity contribution in [2.45, 2.75) is 38.3 Å². The Balaban J connectivity index is 1.23. The smallest absolute Gasteiger partial charge is 0.258 e. The zero-order valence-corrected chi connectivity index (χ0v) is 20.3. The van der Waals surface area contributed by atoms with Crippen LogP contribution in [0.5, 0.6) is 0 Å². The number of nitrogens with one attached hydrogen (secondary N) is 1. The van der Waals surface area contributed by atoms with Crippen molar-refractivity contribution >= 4 is 17.5 Å². The minimum Gasteiger partial charge on any atom is -0.351 e. The lowest BCUT2D eigenvalue weighted by Gasteiger charge is -2.30. The van der Waals surface area contributed by atoms with Crippen LogP contribution in [0.25, 0.3) is 11.1 Å². The molecule has 4 heteroatoms. The van der Waals surface area contributed by atoms with Crippen molar-refractivity contribution in [3.8, 4) is 11.1 Å². The van der Waals surface area contributed by atoms with Crippen LogP contribution >= 0.6 is 0 Å². The third-order valence-electron chi connectivity index (χ3n) is 7.60. The monoisotopic (exact) mass is 472 g/mol. The van der Waals surface area contributed by atoms with E-state index in [1.54, 1.807) is 4.90 Å². The minimum atomic E-state index is -0.685. The first-order chi connectivity index (χ1) is 17.6. The molecule has 1 aliphatic carbocycles. The van der Waals surface area contributed by atoms with E-state index in [0.29, 0.717) is 13.1 Å². The zero-order chi connectivity index (χ0) is 24.7. The molecule has 0 aromatic heterocycles. The number of nitrogens with zero attached hydrogens (tertiary/aromatic N) is 1. The molecular weight excluding hydrogens is 444 g/mol. The molecule has 0 atom stereocenters. The van der Waals surface area contributed by atoms with E-state index in [-0.39, 0.29) is 11.8 Å². The van der Waals surface area contributed by atoms with Gasteiger partial charge in [-0.05, 0) is 58.0 Å². The van der Waals surface area contributed by atoms with Crippen LogP contribution in [0.15, 0.2) is 97.1 Å². The highest BCUT2D eigenvalue weighted by Gasteiger charge is 2.48. The molecule has 178 valence electrons. The maximum atomic E-state index is 13.9. The highest BCUT2D eigenvalue weighted by molar-refractivity contribution is 6.10. The Morgan fingerprint density at radius 3 is 2.00 bits per heavy atom. The van der Waals surface area contributed by atoms with E-state index in [2.05, 4.69) is 36.5 Å². The van der Waals surface area contributed by atoms with Crippen LogP contribution in [0.1, 0.15) is 52.4 Å². The predicted molar refractivity (Wildman–Crippen MR) is 143 cm³/mol. The minimum absolute atomic E-state index is 0.0340. The van der Waals surface area contributed by atoms with Gasteiger partial charge in [0, 0.05) is 17.8 Å². The molecule has 0 saturated carbocycles. The Kier molecular flexibility index (Phi) is 5.45. The number of carbonyl (C=O) groups is 2. The maximum absolute atomic E-state index is 13.9. The van der Waals surface area contributed by atoms with Gasteiger partial charge >= 0.3 is 0 Å². The summed E-state index contributed by atoms with van der Waals surface area (Å²) in [5.41, 5.74) is 7.49. The number of hydrogen-bond acceptors (Lipinski definition) is 2. The summed E-state index contributed by atoms with van der Waals surface area (Å²) in [6.07, 6.45) is 1.65. The van der Waals surface area contributed by atoms with Crippen molar-refractivity contribution in [1.29, 1.82) is 0 Å². The number of carbonyl (C=O) groups excluding carboxylic acids is 2. The standard InChI is InChI=1S/C32H28N2O2/c1-2-19-32(28-13-7-5-11-26(28)27-12-6-8-14-29(27)32)31(36)33-20-22-15-17-24(18-16-22)34-21-23-9-3-4-10-25(23)30(34)35/h3-18H,2,19-21H2,1H3,(H,33,36). The number of fused-ring (bicyclic) bond motifs is 4. The van der Waals surface area contributed by atoms with Gasteiger partial charge in [0.15, 0.2) is 0 Å². The molecule has 0 unspecified atom stereocenters. The van der Waals surface area contributed by atoms with Crippen LogP contribution in [0, 0.1) is 0 Å². The van der Waals surface area contributed by atoms with E-state index in [4.69, 9.17) is 0 Å². The quantitative estimate of drug-likeness (QED) is 0.362. The lowest BCUT2D eigenvalue weighted by atomic mass is 9.73. The molecule has 1 aliphatic heterocycles. The summed E-state index contributed by atoms with van der Waals surface area (Å²) in [6.45, 7) is 3.15. The normalized spacial score (nSPS) is 14.8. The van der Waals surface area contributed by atoms with Gasteiger partial charge < -0.3 is 10.2 Å². The molecule has 6 rings (SSSR count). The van der Waals surface area contributed by atoms with Gasteiger partial charge in [-0.2, -0.15) is 0 Å². The highest BCUT2D eigenvalue weighted by Crippen LogP contribution is 2.51. The number of amides is 2. The van der Waals surface area contributed by atoms with Gasteiger partial charge in [0.1, 0.15) is 5.41 Å². The molecule has 0 bridgehead atoms. The highest BCUT2D eigenvalue weighted by atomic mass is 16.2. The van der Waals surface area contributed by atoms with Crippen molar-refractivity contribution in [3.63, 3.8) is 0 Å². The van der Waals surface area contributed by atoms with Crippen molar-refractivity contribution in [2.24, 2.45) is 0 Å². The van der Waals surface area contributed by atoms with Crippen LogP contribution in [-0.2, 0) is 23.3 Å². The molecule has 0 spiro atoms. The molecule has 2 aliphatic rings. The van der Waals surface area contributed by atoms with Crippen LogP contribution in [0.4, 0.5) is 5.69 Å². The van der Waals surface area contributed by atoms with E-state index < -0.39 is 5.41 Å². The number of anilines is 1. The summed E-state index contributed by atoms with van der Waals surface area (Å²) in [5.74, 6) is 0.0720. The molecule has 2 amide bonds. The third-order valence-corrected chi connectivity index (χ3v) is 7.60. The molecule has 4 aromatic rings. The fourth-order valence-electron chi connectivity index (χ4n) is 5.92. The third kappa shape index (κ3) is 3.36. The molecule has 4 aromatic carbocycles. The van der Waals surface area contributed by atoms with Crippen LogP contribution in [0.2, 0.25) is 0 Å². The topological polar surface area (TPSA) is 49.4 Å². The van der Waals surface area contributed by atoms with Gasteiger partial charge in [-0.15, -0.1) is 0 Å². The zero-order valence-electron chi connectivity index (χ0n) is 20.3. The average molecular weight is 473 g/mol. The molecule has 1 N–H and O–H groups in total. The molecule has 36 heavy (non-hydrogen) atoms.